The lowest BCUT2D eigenvalue weighted by atomic mass is 9.85. The van der Waals surface area contributed by atoms with E-state index in [-0.39, 0.29) is 6.04 Å². The predicted molar refractivity (Wildman–Crippen MR) is 73.7 cm³/mol. The molecule has 1 aliphatic carbocycles. The quantitative estimate of drug-likeness (QED) is 0.750. The van der Waals surface area contributed by atoms with Crippen LogP contribution in [0.5, 0.6) is 0 Å². The maximum Gasteiger partial charge on any atom is 0.178 e. The Morgan fingerprint density at radius 3 is 2.74 bits per heavy atom. The van der Waals surface area contributed by atoms with Gasteiger partial charge in [0.1, 0.15) is 11.3 Å². The summed E-state index contributed by atoms with van der Waals surface area (Å²) in [4.78, 5) is 2.88. The van der Waals surface area contributed by atoms with Crippen LogP contribution in [0.3, 0.4) is 0 Å². The summed E-state index contributed by atoms with van der Waals surface area (Å²) >= 11 is 5.31. The Balaban J connectivity index is 2.22. The standard InChI is InChI=1S/C14H16F2N2S/c1-8-4-2-3-5-11(8)18-12-7-9(15)6-10(16)13(12)17-14(18)19/h6-8,11H,2-5H2,1H3,(H,17,19). The molecule has 3 rings (SSSR count). The topological polar surface area (TPSA) is 20.7 Å². The van der Waals surface area contributed by atoms with E-state index in [1.807, 2.05) is 4.57 Å². The summed E-state index contributed by atoms with van der Waals surface area (Å²) in [5, 5.41) is 0. The van der Waals surface area contributed by atoms with Crippen molar-refractivity contribution in [3.05, 3.63) is 28.5 Å². The fourth-order valence-corrected chi connectivity index (χ4v) is 3.50. The van der Waals surface area contributed by atoms with E-state index in [1.165, 1.54) is 12.5 Å². The van der Waals surface area contributed by atoms with Gasteiger partial charge in [0.2, 0.25) is 0 Å². The molecular weight excluding hydrogens is 266 g/mol. The molecule has 2 nitrogen and oxygen atoms in total. The fraction of sp³-hybridized carbons (Fsp3) is 0.500. The van der Waals surface area contributed by atoms with E-state index in [9.17, 15) is 8.78 Å². The Morgan fingerprint density at radius 1 is 1.26 bits per heavy atom. The van der Waals surface area contributed by atoms with E-state index < -0.39 is 11.6 Å². The van der Waals surface area contributed by atoms with E-state index >= 15 is 0 Å². The van der Waals surface area contributed by atoms with Crippen molar-refractivity contribution >= 4 is 23.3 Å². The molecule has 102 valence electrons. The molecule has 19 heavy (non-hydrogen) atoms. The number of hydrogen-bond donors (Lipinski definition) is 1. The van der Waals surface area contributed by atoms with Gasteiger partial charge in [-0.05, 0) is 37.0 Å². The van der Waals surface area contributed by atoms with Crippen molar-refractivity contribution in [3.8, 4) is 0 Å². The SMILES string of the molecule is CC1CCCCC1n1c(=S)[nH]c2c(F)cc(F)cc21. The van der Waals surface area contributed by atoms with E-state index in [4.69, 9.17) is 12.2 Å². The monoisotopic (exact) mass is 282 g/mol. The molecule has 2 unspecified atom stereocenters. The molecular formula is C14H16F2N2S. The van der Waals surface area contributed by atoms with Crippen molar-refractivity contribution in [3.63, 3.8) is 0 Å². The highest BCUT2D eigenvalue weighted by molar-refractivity contribution is 7.71. The summed E-state index contributed by atoms with van der Waals surface area (Å²) in [7, 11) is 0. The first-order chi connectivity index (χ1) is 9.08. The smallest absolute Gasteiger partial charge is 0.178 e. The van der Waals surface area contributed by atoms with Crippen LogP contribution >= 0.6 is 12.2 Å². The predicted octanol–water partition coefficient (Wildman–Crippen LogP) is 4.73. The maximum atomic E-state index is 13.8. The Morgan fingerprint density at radius 2 is 2.00 bits per heavy atom. The van der Waals surface area contributed by atoms with Crippen LogP contribution in [0.4, 0.5) is 8.78 Å². The average molecular weight is 282 g/mol. The van der Waals surface area contributed by atoms with Crippen molar-refractivity contribution < 1.29 is 8.78 Å². The number of aromatic amines is 1. The first-order valence-corrected chi connectivity index (χ1v) is 7.08. The highest BCUT2D eigenvalue weighted by atomic mass is 32.1. The van der Waals surface area contributed by atoms with Crippen LogP contribution in [0, 0.1) is 22.3 Å². The van der Waals surface area contributed by atoms with Gasteiger partial charge in [0.05, 0.1) is 5.52 Å². The fourth-order valence-electron chi connectivity index (χ4n) is 3.16. The van der Waals surface area contributed by atoms with Crippen molar-refractivity contribution in [2.75, 3.05) is 0 Å². The summed E-state index contributed by atoms with van der Waals surface area (Å²) in [5.41, 5.74) is 0.852. The zero-order valence-electron chi connectivity index (χ0n) is 10.7. The molecule has 1 aromatic carbocycles. The molecule has 2 aromatic rings. The largest absolute Gasteiger partial charge is 0.328 e. The Kier molecular flexibility index (Phi) is 3.17. The number of rotatable bonds is 1. The number of nitrogens with zero attached hydrogens (tertiary/aromatic N) is 1. The molecule has 0 amide bonds. The second-order valence-electron chi connectivity index (χ2n) is 5.41. The number of hydrogen-bond acceptors (Lipinski definition) is 1. The van der Waals surface area contributed by atoms with Crippen LogP contribution in [-0.2, 0) is 0 Å². The molecule has 0 bridgehead atoms. The summed E-state index contributed by atoms with van der Waals surface area (Å²) in [6.07, 6.45) is 4.51. The third kappa shape index (κ3) is 2.10. The van der Waals surface area contributed by atoms with Crippen LogP contribution in [0.15, 0.2) is 12.1 Å². The molecule has 0 radical (unpaired) electrons. The van der Waals surface area contributed by atoms with Gasteiger partial charge in [-0.25, -0.2) is 8.78 Å². The molecule has 1 heterocycles. The highest BCUT2D eigenvalue weighted by Crippen LogP contribution is 2.36. The lowest BCUT2D eigenvalue weighted by molar-refractivity contribution is 0.260. The summed E-state index contributed by atoms with van der Waals surface area (Å²) < 4.78 is 29.6. The van der Waals surface area contributed by atoms with Crippen LogP contribution in [0.2, 0.25) is 0 Å². The molecule has 1 N–H and O–H groups in total. The molecule has 1 saturated carbocycles. The molecule has 0 spiro atoms. The van der Waals surface area contributed by atoms with Crippen molar-refractivity contribution in [2.45, 2.75) is 38.6 Å². The second kappa shape index (κ2) is 4.71. The van der Waals surface area contributed by atoms with Gasteiger partial charge in [-0.2, -0.15) is 0 Å². The van der Waals surface area contributed by atoms with Crippen molar-refractivity contribution in [2.24, 2.45) is 5.92 Å². The zero-order valence-corrected chi connectivity index (χ0v) is 11.6. The van der Waals surface area contributed by atoms with Gasteiger partial charge in [-0.15, -0.1) is 0 Å². The van der Waals surface area contributed by atoms with E-state index in [1.54, 1.807) is 0 Å². The lowest BCUT2D eigenvalue weighted by Gasteiger charge is -2.30. The van der Waals surface area contributed by atoms with Gasteiger partial charge in [-0.1, -0.05) is 19.8 Å². The van der Waals surface area contributed by atoms with Gasteiger partial charge < -0.3 is 9.55 Å². The first-order valence-electron chi connectivity index (χ1n) is 6.67. The third-order valence-electron chi connectivity index (χ3n) is 4.14. The molecule has 1 fully saturated rings. The number of fused-ring (bicyclic) bond motifs is 1. The van der Waals surface area contributed by atoms with E-state index in [0.717, 1.165) is 25.3 Å². The van der Waals surface area contributed by atoms with Gasteiger partial charge >= 0.3 is 0 Å². The summed E-state index contributed by atoms with van der Waals surface area (Å²) in [6, 6.07) is 2.49. The van der Waals surface area contributed by atoms with Crippen LogP contribution < -0.4 is 0 Å². The van der Waals surface area contributed by atoms with E-state index in [2.05, 4.69) is 11.9 Å². The summed E-state index contributed by atoms with van der Waals surface area (Å²) in [6.45, 7) is 2.18. The number of halogens is 2. The van der Waals surface area contributed by atoms with Crippen molar-refractivity contribution in [1.29, 1.82) is 0 Å². The molecule has 1 aliphatic rings. The van der Waals surface area contributed by atoms with Gasteiger partial charge in [0.25, 0.3) is 0 Å². The molecule has 2 atom stereocenters. The number of benzene rings is 1. The summed E-state index contributed by atoms with van der Waals surface area (Å²) in [5.74, 6) is -0.662. The zero-order chi connectivity index (χ0) is 13.6. The van der Waals surface area contributed by atoms with Gasteiger partial charge in [-0.3, -0.25) is 0 Å². The Bertz CT molecular complexity index is 674. The average Bonchev–Trinajstić information content (AvgIpc) is 2.67. The van der Waals surface area contributed by atoms with Crippen molar-refractivity contribution in [1.82, 2.24) is 9.55 Å². The lowest BCUT2D eigenvalue weighted by Crippen LogP contribution is -2.21. The van der Waals surface area contributed by atoms with Gasteiger partial charge in [0, 0.05) is 12.1 Å². The van der Waals surface area contributed by atoms with Gasteiger partial charge in [0.15, 0.2) is 10.6 Å². The van der Waals surface area contributed by atoms with Crippen LogP contribution in [0.25, 0.3) is 11.0 Å². The number of imidazole rings is 1. The minimum atomic E-state index is -0.580. The minimum Gasteiger partial charge on any atom is -0.328 e. The third-order valence-corrected chi connectivity index (χ3v) is 4.44. The highest BCUT2D eigenvalue weighted by Gasteiger charge is 2.25. The Labute approximate surface area is 115 Å². The molecule has 1 aromatic heterocycles. The molecule has 0 saturated heterocycles. The second-order valence-corrected chi connectivity index (χ2v) is 5.80. The van der Waals surface area contributed by atoms with E-state index in [0.29, 0.717) is 21.7 Å². The number of H-pyrrole nitrogens is 1. The molecule has 5 heteroatoms. The maximum absolute atomic E-state index is 13.8. The first kappa shape index (κ1) is 12.8. The number of nitrogens with one attached hydrogen (secondary N) is 1. The Hall–Kier alpha value is -1.23. The number of aromatic nitrogens is 2. The van der Waals surface area contributed by atoms with Crippen LogP contribution in [0.1, 0.15) is 38.6 Å². The van der Waals surface area contributed by atoms with Crippen LogP contribution in [-0.4, -0.2) is 9.55 Å². The minimum absolute atomic E-state index is 0.233. The molecule has 0 aliphatic heterocycles. The normalized spacial score (nSPS) is 23.9.